The molecule has 0 radical (unpaired) electrons. The maximum absolute atomic E-state index is 13.4. The summed E-state index contributed by atoms with van der Waals surface area (Å²) in [5.74, 6) is -1.62. The van der Waals surface area contributed by atoms with E-state index in [9.17, 15) is 8.78 Å². The van der Waals surface area contributed by atoms with Crippen LogP contribution in [0.3, 0.4) is 0 Å². The van der Waals surface area contributed by atoms with Crippen LogP contribution in [0.4, 0.5) is 14.5 Å². The van der Waals surface area contributed by atoms with E-state index >= 15 is 0 Å². The molecule has 1 fully saturated rings. The summed E-state index contributed by atoms with van der Waals surface area (Å²) in [7, 11) is -1.85. The molecule has 2 atom stereocenters. The Morgan fingerprint density at radius 1 is 1.09 bits per heavy atom. The van der Waals surface area contributed by atoms with Crippen LogP contribution in [0.5, 0.6) is 0 Å². The molecule has 2 rings (SSSR count). The average Bonchev–Trinajstić information content (AvgIpc) is 2.43. The number of benzene rings is 1. The zero-order chi connectivity index (χ0) is 17.3. The van der Waals surface area contributed by atoms with Crippen LogP contribution in [-0.4, -0.2) is 20.5 Å². The fraction of sp³-hybridized carbons (Fsp3) is 0.667. The van der Waals surface area contributed by atoms with Gasteiger partial charge in [-0.2, -0.15) is 0 Å². The van der Waals surface area contributed by atoms with Crippen molar-refractivity contribution >= 4 is 14.0 Å². The molecule has 2 nitrogen and oxygen atoms in total. The minimum absolute atomic E-state index is 0.137. The van der Waals surface area contributed by atoms with Gasteiger partial charge in [0.15, 0.2) is 20.0 Å². The first-order valence-corrected chi connectivity index (χ1v) is 11.4. The summed E-state index contributed by atoms with van der Waals surface area (Å²) in [6, 6.07) is 4.15. The molecule has 1 aliphatic rings. The zero-order valence-electron chi connectivity index (χ0n) is 14.9. The molecule has 1 aromatic carbocycles. The molecule has 0 bridgehead atoms. The summed E-state index contributed by atoms with van der Waals surface area (Å²) < 4.78 is 33.1. The average molecular weight is 342 g/mol. The number of hydrogen-bond acceptors (Lipinski definition) is 2. The summed E-state index contributed by atoms with van der Waals surface area (Å²) in [6.45, 7) is 11.2. The molecule has 0 saturated heterocycles. The lowest BCUT2D eigenvalue weighted by Gasteiger charge is -2.43. The van der Waals surface area contributed by atoms with Gasteiger partial charge in [0.1, 0.15) is 0 Å². The first-order chi connectivity index (χ1) is 10.6. The van der Waals surface area contributed by atoms with E-state index in [1.165, 1.54) is 12.1 Å². The van der Waals surface area contributed by atoms with Crippen LogP contribution in [0.2, 0.25) is 18.1 Å². The molecule has 1 N–H and O–H groups in total. The second kappa shape index (κ2) is 6.89. The number of halogens is 2. The lowest BCUT2D eigenvalue weighted by molar-refractivity contribution is 0.124. The van der Waals surface area contributed by atoms with E-state index in [0.29, 0.717) is 5.69 Å². The third kappa shape index (κ3) is 4.54. The van der Waals surface area contributed by atoms with Crippen molar-refractivity contribution in [3.05, 3.63) is 29.8 Å². The molecule has 0 aromatic heterocycles. The minimum atomic E-state index is -1.85. The van der Waals surface area contributed by atoms with Crippen molar-refractivity contribution in [2.45, 2.75) is 76.7 Å². The van der Waals surface area contributed by atoms with Crippen LogP contribution in [0.15, 0.2) is 18.2 Å². The first kappa shape index (κ1) is 18.4. The number of hydrogen-bond donors (Lipinski definition) is 1. The largest absolute Gasteiger partial charge is 0.412 e. The number of rotatable bonds is 4. The third-order valence-corrected chi connectivity index (χ3v) is 9.73. The van der Waals surface area contributed by atoms with Gasteiger partial charge < -0.3 is 9.74 Å². The summed E-state index contributed by atoms with van der Waals surface area (Å²) in [4.78, 5) is 0. The topological polar surface area (TPSA) is 21.3 Å². The maximum Gasteiger partial charge on any atom is 0.192 e. The number of nitrogens with one attached hydrogen (secondary N) is 1. The summed E-state index contributed by atoms with van der Waals surface area (Å²) in [5, 5.41) is 3.53. The van der Waals surface area contributed by atoms with Gasteiger partial charge in [0, 0.05) is 11.8 Å². The Morgan fingerprint density at radius 2 is 1.74 bits per heavy atom. The third-order valence-electron chi connectivity index (χ3n) is 5.23. The van der Waals surface area contributed by atoms with E-state index in [2.05, 4.69) is 39.2 Å². The van der Waals surface area contributed by atoms with Crippen LogP contribution in [-0.2, 0) is 4.43 Å². The fourth-order valence-corrected chi connectivity index (χ4v) is 4.15. The van der Waals surface area contributed by atoms with Gasteiger partial charge in [-0.25, -0.2) is 8.78 Å². The SMILES string of the molecule is CC(C)(C)[Si](C)(C)OC1CCCCC1Nc1ccc(F)c(F)c1. The second-order valence-corrected chi connectivity index (χ2v) is 12.8. The Bertz CT molecular complexity index is 542. The molecule has 0 spiro atoms. The highest BCUT2D eigenvalue weighted by atomic mass is 28.4. The van der Waals surface area contributed by atoms with Crippen LogP contribution in [0.1, 0.15) is 46.5 Å². The molecule has 1 aliphatic carbocycles. The molecule has 0 aliphatic heterocycles. The van der Waals surface area contributed by atoms with Crippen molar-refractivity contribution < 1.29 is 13.2 Å². The lowest BCUT2D eigenvalue weighted by Crippen LogP contribution is -2.49. The normalized spacial score (nSPS) is 22.9. The Balaban J connectivity index is 2.10. The molecule has 130 valence electrons. The lowest BCUT2D eigenvalue weighted by atomic mass is 9.92. The van der Waals surface area contributed by atoms with Gasteiger partial charge in [-0.3, -0.25) is 0 Å². The van der Waals surface area contributed by atoms with Crippen molar-refractivity contribution in [2.75, 3.05) is 5.32 Å². The minimum Gasteiger partial charge on any atom is -0.412 e. The maximum atomic E-state index is 13.4. The van der Waals surface area contributed by atoms with Gasteiger partial charge in [0.05, 0.1) is 12.1 Å². The van der Waals surface area contributed by atoms with Crippen LogP contribution in [0, 0.1) is 11.6 Å². The van der Waals surface area contributed by atoms with Crippen LogP contribution in [0.25, 0.3) is 0 Å². The highest BCUT2D eigenvalue weighted by Gasteiger charge is 2.41. The van der Waals surface area contributed by atoms with Crippen LogP contribution < -0.4 is 5.32 Å². The highest BCUT2D eigenvalue weighted by molar-refractivity contribution is 6.74. The van der Waals surface area contributed by atoms with Gasteiger partial charge in [-0.1, -0.05) is 33.6 Å². The Hall–Kier alpha value is -0.943. The van der Waals surface area contributed by atoms with Gasteiger partial charge >= 0.3 is 0 Å². The van der Waals surface area contributed by atoms with Crippen molar-refractivity contribution in [1.29, 1.82) is 0 Å². The van der Waals surface area contributed by atoms with Crippen molar-refractivity contribution in [1.82, 2.24) is 0 Å². The molecule has 2 unspecified atom stereocenters. The molecule has 0 amide bonds. The Labute approximate surface area is 139 Å². The van der Waals surface area contributed by atoms with E-state index in [1.54, 1.807) is 6.07 Å². The second-order valence-electron chi connectivity index (χ2n) is 8.08. The van der Waals surface area contributed by atoms with Crippen LogP contribution >= 0.6 is 0 Å². The predicted octanol–water partition coefficient (Wildman–Crippen LogP) is 5.71. The van der Waals surface area contributed by atoms with Crippen molar-refractivity contribution in [3.8, 4) is 0 Å². The van der Waals surface area contributed by atoms with Gasteiger partial charge in [-0.05, 0) is 43.1 Å². The van der Waals surface area contributed by atoms with E-state index in [4.69, 9.17) is 4.43 Å². The predicted molar refractivity (Wildman–Crippen MR) is 94.3 cm³/mol. The van der Waals surface area contributed by atoms with Crippen molar-refractivity contribution in [2.24, 2.45) is 0 Å². The number of anilines is 1. The van der Waals surface area contributed by atoms with Gasteiger partial charge in [0.2, 0.25) is 0 Å². The molecule has 0 heterocycles. The summed E-state index contributed by atoms with van der Waals surface area (Å²) in [5.41, 5.74) is 0.625. The highest BCUT2D eigenvalue weighted by Crippen LogP contribution is 2.39. The van der Waals surface area contributed by atoms with Gasteiger partial charge in [0.25, 0.3) is 0 Å². The van der Waals surface area contributed by atoms with E-state index < -0.39 is 20.0 Å². The molecule has 5 heteroatoms. The molecular formula is C18H29F2NOSi. The zero-order valence-corrected chi connectivity index (χ0v) is 15.9. The van der Waals surface area contributed by atoms with E-state index in [1.807, 2.05) is 0 Å². The van der Waals surface area contributed by atoms with Crippen molar-refractivity contribution in [3.63, 3.8) is 0 Å². The quantitative estimate of drug-likeness (QED) is 0.708. The standard InChI is InChI=1S/C18H29F2NOSi/c1-18(2,3)23(4,5)22-17-9-7-6-8-16(17)21-13-10-11-14(19)15(20)12-13/h10-12,16-17,21H,6-9H2,1-5H3. The van der Waals surface area contributed by atoms with Gasteiger partial charge in [-0.15, -0.1) is 0 Å². The molecular weight excluding hydrogens is 312 g/mol. The molecule has 1 aromatic rings. The summed E-state index contributed by atoms with van der Waals surface area (Å²) in [6.07, 6.45) is 4.46. The molecule has 1 saturated carbocycles. The monoisotopic (exact) mass is 341 g/mol. The summed E-state index contributed by atoms with van der Waals surface area (Å²) >= 11 is 0. The fourth-order valence-electron chi connectivity index (χ4n) is 2.76. The Kier molecular flexibility index (Phi) is 5.51. The smallest absolute Gasteiger partial charge is 0.192 e. The Morgan fingerprint density at radius 3 is 2.35 bits per heavy atom. The van der Waals surface area contributed by atoms with E-state index in [0.717, 1.165) is 25.7 Å². The first-order valence-electron chi connectivity index (χ1n) is 8.49. The van der Waals surface area contributed by atoms with E-state index in [-0.39, 0.29) is 17.2 Å². The molecule has 23 heavy (non-hydrogen) atoms.